The van der Waals surface area contributed by atoms with Gasteiger partial charge in [-0.05, 0) is 18.2 Å². The van der Waals surface area contributed by atoms with Crippen LogP contribution >= 0.6 is 0 Å². The van der Waals surface area contributed by atoms with Crippen LogP contribution in [-0.4, -0.2) is 46.6 Å². The first kappa shape index (κ1) is 19.3. The third-order valence-corrected chi connectivity index (χ3v) is 4.05. The smallest absolute Gasteiger partial charge is 0.417 e. The second-order valence-corrected chi connectivity index (χ2v) is 5.97. The first-order valence-electron chi connectivity index (χ1n) is 8.01. The standard InChI is InChI=1S/C17H15F3N4O4/c1-24-12(8-22-16(24)27)15(26)23-11-6-10(3-4-13(11)25)28-14-5-2-9(7-21-14)17(18,19)20/h2-7,12,25H,8H2,1H3,(H,22,27)(H,23,26)/t12-/m0/s1. The van der Waals surface area contributed by atoms with Crippen LogP contribution in [0.3, 0.4) is 0 Å². The van der Waals surface area contributed by atoms with Gasteiger partial charge in [0.15, 0.2) is 0 Å². The van der Waals surface area contributed by atoms with Gasteiger partial charge in [-0.15, -0.1) is 0 Å². The van der Waals surface area contributed by atoms with Gasteiger partial charge in [0.25, 0.3) is 0 Å². The number of nitrogens with zero attached hydrogens (tertiary/aromatic N) is 2. The number of hydrogen-bond acceptors (Lipinski definition) is 5. The monoisotopic (exact) mass is 396 g/mol. The predicted octanol–water partition coefficient (Wildman–Crippen LogP) is 2.56. The topological polar surface area (TPSA) is 104 Å². The van der Waals surface area contributed by atoms with Crippen molar-refractivity contribution < 1.29 is 32.6 Å². The SMILES string of the molecule is CN1C(=O)NC[C@H]1C(=O)Nc1cc(Oc2ccc(C(F)(F)F)cn2)ccc1O. The summed E-state index contributed by atoms with van der Waals surface area (Å²) in [5, 5.41) is 14.9. The quantitative estimate of drug-likeness (QED) is 0.689. The van der Waals surface area contributed by atoms with Crippen molar-refractivity contribution in [3.8, 4) is 17.4 Å². The molecule has 0 bridgehead atoms. The van der Waals surface area contributed by atoms with E-state index in [9.17, 15) is 27.9 Å². The van der Waals surface area contributed by atoms with E-state index in [4.69, 9.17) is 4.74 Å². The fourth-order valence-corrected chi connectivity index (χ4v) is 2.48. The number of alkyl halides is 3. The molecule has 1 fully saturated rings. The number of ether oxygens (including phenoxy) is 1. The maximum Gasteiger partial charge on any atom is 0.417 e. The molecule has 11 heteroatoms. The Balaban J connectivity index is 1.73. The Morgan fingerprint density at radius 3 is 2.68 bits per heavy atom. The molecule has 0 saturated carbocycles. The van der Waals surface area contributed by atoms with E-state index in [1.165, 1.54) is 30.1 Å². The van der Waals surface area contributed by atoms with Crippen molar-refractivity contribution in [2.75, 3.05) is 18.9 Å². The molecule has 148 valence electrons. The molecule has 3 N–H and O–H groups in total. The van der Waals surface area contributed by atoms with Gasteiger partial charge in [-0.3, -0.25) is 4.79 Å². The van der Waals surface area contributed by atoms with Crippen molar-refractivity contribution in [1.29, 1.82) is 0 Å². The number of hydrogen-bond donors (Lipinski definition) is 3. The number of aromatic nitrogens is 1. The van der Waals surface area contributed by atoms with Crippen LogP contribution in [0.25, 0.3) is 0 Å². The fraction of sp³-hybridized carbons (Fsp3) is 0.235. The molecule has 1 aromatic carbocycles. The van der Waals surface area contributed by atoms with E-state index in [1.807, 2.05) is 0 Å². The lowest BCUT2D eigenvalue weighted by molar-refractivity contribution is -0.137. The summed E-state index contributed by atoms with van der Waals surface area (Å²) < 4.78 is 43.1. The molecular formula is C17H15F3N4O4. The minimum Gasteiger partial charge on any atom is -0.506 e. The van der Waals surface area contributed by atoms with E-state index >= 15 is 0 Å². The summed E-state index contributed by atoms with van der Waals surface area (Å²) in [7, 11) is 1.46. The lowest BCUT2D eigenvalue weighted by Crippen LogP contribution is -2.40. The molecule has 1 aliphatic heterocycles. The van der Waals surface area contributed by atoms with Crippen molar-refractivity contribution in [1.82, 2.24) is 15.2 Å². The summed E-state index contributed by atoms with van der Waals surface area (Å²) in [5.74, 6) is -0.738. The Morgan fingerprint density at radius 2 is 2.11 bits per heavy atom. The summed E-state index contributed by atoms with van der Waals surface area (Å²) in [6, 6.07) is 4.62. The van der Waals surface area contributed by atoms with Gasteiger partial charge in [-0.25, -0.2) is 9.78 Å². The third kappa shape index (κ3) is 4.08. The first-order valence-corrected chi connectivity index (χ1v) is 8.01. The molecule has 0 unspecified atom stereocenters. The van der Waals surface area contributed by atoms with E-state index < -0.39 is 29.7 Å². The van der Waals surface area contributed by atoms with Crippen molar-refractivity contribution in [3.63, 3.8) is 0 Å². The molecule has 2 heterocycles. The molecule has 3 rings (SSSR count). The number of aromatic hydroxyl groups is 1. The molecule has 1 atom stereocenters. The largest absolute Gasteiger partial charge is 0.506 e. The van der Waals surface area contributed by atoms with Gasteiger partial charge in [-0.2, -0.15) is 13.2 Å². The number of rotatable bonds is 4. The lowest BCUT2D eigenvalue weighted by atomic mass is 10.2. The van der Waals surface area contributed by atoms with Crippen LogP contribution in [0.15, 0.2) is 36.5 Å². The molecule has 8 nitrogen and oxygen atoms in total. The maximum atomic E-state index is 12.6. The zero-order valence-corrected chi connectivity index (χ0v) is 14.4. The Morgan fingerprint density at radius 1 is 1.36 bits per heavy atom. The average molecular weight is 396 g/mol. The van der Waals surface area contributed by atoms with Crippen molar-refractivity contribution in [3.05, 3.63) is 42.1 Å². The van der Waals surface area contributed by atoms with Gasteiger partial charge < -0.3 is 25.4 Å². The van der Waals surface area contributed by atoms with Crippen LogP contribution in [0.2, 0.25) is 0 Å². The van der Waals surface area contributed by atoms with Crippen LogP contribution in [0, 0.1) is 0 Å². The van der Waals surface area contributed by atoms with Gasteiger partial charge >= 0.3 is 12.2 Å². The summed E-state index contributed by atoms with van der Waals surface area (Å²) in [5.41, 5.74) is -0.899. The summed E-state index contributed by atoms with van der Waals surface area (Å²) in [6.45, 7) is 0.119. The number of phenols is 1. The average Bonchev–Trinajstić information content (AvgIpc) is 2.97. The predicted molar refractivity (Wildman–Crippen MR) is 91.0 cm³/mol. The lowest BCUT2D eigenvalue weighted by Gasteiger charge is -2.18. The van der Waals surface area contributed by atoms with E-state index in [0.717, 1.165) is 12.1 Å². The second kappa shape index (κ2) is 7.25. The van der Waals surface area contributed by atoms with Crippen LogP contribution in [0.1, 0.15) is 5.56 Å². The van der Waals surface area contributed by atoms with Crippen LogP contribution in [0.5, 0.6) is 17.4 Å². The molecular weight excluding hydrogens is 381 g/mol. The van der Waals surface area contributed by atoms with Gasteiger partial charge in [0.1, 0.15) is 17.5 Å². The van der Waals surface area contributed by atoms with E-state index in [0.29, 0.717) is 6.20 Å². The van der Waals surface area contributed by atoms with Gasteiger partial charge in [-0.1, -0.05) is 0 Å². The van der Waals surface area contributed by atoms with Crippen LogP contribution in [-0.2, 0) is 11.0 Å². The first-order chi connectivity index (χ1) is 13.1. The van der Waals surface area contributed by atoms with E-state index in [2.05, 4.69) is 15.6 Å². The molecule has 1 saturated heterocycles. The van der Waals surface area contributed by atoms with Crippen molar-refractivity contribution in [2.45, 2.75) is 12.2 Å². The molecule has 1 aliphatic rings. The number of halogens is 3. The Bertz CT molecular complexity index is 902. The van der Waals surface area contributed by atoms with E-state index in [-0.39, 0.29) is 29.6 Å². The summed E-state index contributed by atoms with van der Waals surface area (Å²) in [4.78, 5) is 28.6. The molecule has 0 aliphatic carbocycles. The highest BCUT2D eigenvalue weighted by molar-refractivity contribution is 5.99. The number of carbonyl (C=O) groups is 2. The van der Waals surface area contributed by atoms with Crippen molar-refractivity contribution in [2.24, 2.45) is 0 Å². The zero-order chi connectivity index (χ0) is 20.5. The molecule has 1 aromatic heterocycles. The third-order valence-electron chi connectivity index (χ3n) is 4.05. The Kier molecular flexibility index (Phi) is 4.99. The van der Waals surface area contributed by atoms with Gasteiger partial charge in [0.2, 0.25) is 11.8 Å². The number of amides is 3. The number of pyridine rings is 1. The van der Waals surface area contributed by atoms with Crippen molar-refractivity contribution >= 4 is 17.6 Å². The summed E-state index contributed by atoms with van der Waals surface area (Å²) in [6.07, 6.45) is -3.87. The highest BCUT2D eigenvalue weighted by Crippen LogP contribution is 2.32. The number of benzene rings is 1. The minimum atomic E-state index is -4.51. The highest BCUT2D eigenvalue weighted by atomic mass is 19.4. The highest BCUT2D eigenvalue weighted by Gasteiger charge is 2.33. The second-order valence-electron chi connectivity index (χ2n) is 5.97. The number of urea groups is 1. The molecule has 2 aromatic rings. The Labute approximate surface area is 156 Å². The molecule has 28 heavy (non-hydrogen) atoms. The van der Waals surface area contributed by atoms with Crippen LogP contribution in [0.4, 0.5) is 23.7 Å². The number of nitrogens with one attached hydrogen (secondary N) is 2. The number of anilines is 1. The zero-order valence-electron chi connectivity index (χ0n) is 14.4. The molecule has 3 amide bonds. The van der Waals surface area contributed by atoms with Gasteiger partial charge in [0.05, 0.1) is 11.3 Å². The van der Waals surface area contributed by atoms with Crippen LogP contribution < -0.4 is 15.4 Å². The number of carbonyl (C=O) groups excluding carboxylic acids is 2. The Hall–Kier alpha value is -3.50. The maximum absolute atomic E-state index is 12.6. The van der Waals surface area contributed by atoms with Gasteiger partial charge in [0, 0.05) is 31.9 Å². The normalized spacial score (nSPS) is 16.6. The minimum absolute atomic E-state index is 0.0159. The number of phenolic OH excluding ortho intramolecular Hbond substituents is 1. The molecule has 0 spiro atoms. The van der Waals surface area contributed by atoms with E-state index in [1.54, 1.807) is 0 Å². The fourth-order valence-electron chi connectivity index (χ4n) is 2.48. The number of likely N-dealkylation sites (N-methyl/N-ethyl adjacent to an activating group) is 1. The summed E-state index contributed by atoms with van der Waals surface area (Å²) >= 11 is 0. The molecule has 0 radical (unpaired) electrons.